The summed E-state index contributed by atoms with van der Waals surface area (Å²) in [5.74, 6) is 0.614. The molecule has 0 saturated carbocycles. The summed E-state index contributed by atoms with van der Waals surface area (Å²) in [6, 6.07) is 3.44. The molecule has 2 heterocycles. The van der Waals surface area contributed by atoms with Crippen LogP contribution in [0.1, 0.15) is 37.6 Å². The number of anilines is 1. The lowest BCUT2D eigenvalue weighted by Crippen LogP contribution is -2.50. The molecule has 1 N–H and O–H groups in total. The maximum Gasteiger partial charge on any atom is 0.254 e. The van der Waals surface area contributed by atoms with Crippen molar-refractivity contribution in [1.29, 1.82) is 0 Å². The first-order chi connectivity index (χ1) is 10.0. The van der Waals surface area contributed by atoms with Crippen LogP contribution in [0.2, 0.25) is 5.15 Å². The van der Waals surface area contributed by atoms with E-state index in [1.54, 1.807) is 12.1 Å². The van der Waals surface area contributed by atoms with Crippen LogP contribution in [0.4, 0.5) is 5.82 Å². The van der Waals surface area contributed by atoms with Crippen molar-refractivity contribution in [3.63, 3.8) is 0 Å². The Morgan fingerprint density at radius 2 is 2.29 bits per heavy atom. The van der Waals surface area contributed by atoms with Crippen LogP contribution in [0.3, 0.4) is 0 Å². The lowest BCUT2D eigenvalue weighted by Gasteiger charge is -2.36. The van der Waals surface area contributed by atoms with E-state index in [0.29, 0.717) is 29.7 Å². The van der Waals surface area contributed by atoms with Crippen molar-refractivity contribution < 1.29 is 9.53 Å². The first-order valence-electron chi connectivity index (χ1n) is 7.35. The molecule has 0 spiro atoms. The molecule has 0 radical (unpaired) electrons. The number of nitrogens with one attached hydrogen (secondary N) is 1. The molecular weight excluding hydrogens is 290 g/mol. The van der Waals surface area contributed by atoms with Crippen LogP contribution >= 0.6 is 11.6 Å². The Labute approximate surface area is 130 Å². The Morgan fingerprint density at radius 1 is 1.52 bits per heavy atom. The molecule has 1 saturated heterocycles. The predicted molar refractivity (Wildman–Crippen MR) is 83.9 cm³/mol. The quantitative estimate of drug-likeness (QED) is 0.869. The van der Waals surface area contributed by atoms with Crippen LogP contribution in [-0.2, 0) is 4.74 Å². The van der Waals surface area contributed by atoms with Gasteiger partial charge in [0.25, 0.3) is 5.91 Å². The van der Waals surface area contributed by atoms with Crippen LogP contribution in [0.5, 0.6) is 0 Å². The van der Waals surface area contributed by atoms with Gasteiger partial charge in [-0.05, 0) is 32.4 Å². The summed E-state index contributed by atoms with van der Waals surface area (Å²) >= 11 is 6.03. The molecule has 1 amide bonds. The van der Waals surface area contributed by atoms with Crippen molar-refractivity contribution in [3.05, 3.63) is 22.8 Å². The zero-order valence-corrected chi connectivity index (χ0v) is 13.5. The summed E-state index contributed by atoms with van der Waals surface area (Å²) in [7, 11) is 0. The van der Waals surface area contributed by atoms with E-state index in [2.05, 4.69) is 17.2 Å². The van der Waals surface area contributed by atoms with Gasteiger partial charge in [0.1, 0.15) is 11.0 Å². The molecule has 21 heavy (non-hydrogen) atoms. The first-order valence-corrected chi connectivity index (χ1v) is 7.73. The van der Waals surface area contributed by atoms with Crippen molar-refractivity contribution in [2.75, 3.05) is 25.0 Å². The van der Waals surface area contributed by atoms with Gasteiger partial charge in [-0.3, -0.25) is 4.79 Å². The SMILES string of the molecule is CCCNc1cc(C(=O)N2CC(C)OCC2C)cc(Cl)n1. The lowest BCUT2D eigenvalue weighted by molar-refractivity contribution is -0.0387. The maximum absolute atomic E-state index is 12.7. The Kier molecular flexibility index (Phi) is 5.42. The second kappa shape index (κ2) is 7.09. The van der Waals surface area contributed by atoms with Crippen LogP contribution in [0.15, 0.2) is 12.1 Å². The Hall–Kier alpha value is -1.33. The van der Waals surface area contributed by atoms with E-state index in [1.165, 1.54) is 0 Å². The van der Waals surface area contributed by atoms with E-state index in [1.807, 2.05) is 18.7 Å². The van der Waals surface area contributed by atoms with Gasteiger partial charge in [-0.2, -0.15) is 0 Å². The fourth-order valence-electron chi connectivity index (χ4n) is 2.32. The number of aromatic nitrogens is 1. The normalized spacial score (nSPS) is 22.2. The third-order valence-electron chi connectivity index (χ3n) is 3.47. The monoisotopic (exact) mass is 311 g/mol. The average Bonchev–Trinajstić information content (AvgIpc) is 2.46. The van der Waals surface area contributed by atoms with Crippen molar-refractivity contribution in [1.82, 2.24) is 9.88 Å². The Morgan fingerprint density at radius 3 is 3.00 bits per heavy atom. The number of pyridine rings is 1. The van der Waals surface area contributed by atoms with Gasteiger partial charge < -0.3 is 15.0 Å². The number of rotatable bonds is 4. The fourth-order valence-corrected chi connectivity index (χ4v) is 2.52. The molecule has 0 bridgehead atoms. The number of morpholine rings is 1. The zero-order valence-electron chi connectivity index (χ0n) is 12.7. The second-order valence-electron chi connectivity index (χ2n) is 5.44. The Balaban J connectivity index is 2.19. The maximum atomic E-state index is 12.7. The molecule has 1 aromatic rings. The molecule has 1 aliphatic rings. The number of carbonyl (C=O) groups is 1. The third-order valence-corrected chi connectivity index (χ3v) is 3.66. The van der Waals surface area contributed by atoms with E-state index in [-0.39, 0.29) is 18.1 Å². The molecule has 0 aromatic carbocycles. The predicted octanol–water partition coefficient (Wildman–Crippen LogP) is 2.81. The molecule has 2 unspecified atom stereocenters. The summed E-state index contributed by atoms with van der Waals surface area (Å²) < 4.78 is 5.56. The van der Waals surface area contributed by atoms with Crippen molar-refractivity contribution in [2.24, 2.45) is 0 Å². The third kappa shape index (κ3) is 4.08. The van der Waals surface area contributed by atoms with E-state index in [9.17, 15) is 4.79 Å². The highest BCUT2D eigenvalue weighted by molar-refractivity contribution is 6.29. The van der Waals surface area contributed by atoms with Gasteiger partial charge in [-0.1, -0.05) is 18.5 Å². The van der Waals surface area contributed by atoms with Crippen LogP contribution in [-0.4, -0.2) is 47.6 Å². The van der Waals surface area contributed by atoms with E-state index in [4.69, 9.17) is 16.3 Å². The zero-order chi connectivity index (χ0) is 15.4. The van der Waals surface area contributed by atoms with Gasteiger partial charge in [0.2, 0.25) is 0 Å². The fraction of sp³-hybridized carbons (Fsp3) is 0.600. The van der Waals surface area contributed by atoms with Crippen LogP contribution in [0.25, 0.3) is 0 Å². The minimum absolute atomic E-state index is 0.0264. The van der Waals surface area contributed by atoms with Crippen molar-refractivity contribution in [3.8, 4) is 0 Å². The number of hydrogen-bond donors (Lipinski definition) is 1. The van der Waals surface area contributed by atoms with Crippen molar-refractivity contribution in [2.45, 2.75) is 39.3 Å². The minimum atomic E-state index is -0.0264. The van der Waals surface area contributed by atoms with Gasteiger partial charge in [0.15, 0.2) is 0 Å². The summed E-state index contributed by atoms with van der Waals surface area (Å²) in [5.41, 5.74) is 0.564. The van der Waals surface area contributed by atoms with Gasteiger partial charge in [0.05, 0.1) is 18.8 Å². The minimum Gasteiger partial charge on any atom is -0.375 e. The Bertz CT molecular complexity index is 510. The summed E-state index contributed by atoms with van der Waals surface area (Å²) in [6.45, 7) is 7.99. The molecule has 0 aliphatic carbocycles. The van der Waals surface area contributed by atoms with Crippen molar-refractivity contribution >= 4 is 23.3 Å². The van der Waals surface area contributed by atoms with Crippen LogP contribution in [0, 0.1) is 0 Å². The molecule has 1 aromatic heterocycles. The highest BCUT2D eigenvalue weighted by Crippen LogP contribution is 2.20. The molecule has 1 aliphatic heterocycles. The van der Waals surface area contributed by atoms with Gasteiger partial charge in [-0.15, -0.1) is 0 Å². The number of carbonyl (C=O) groups excluding carboxylic acids is 1. The van der Waals surface area contributed by atoms with Crippen LogP contribution < -0.4 is 5.32 Å². The summed E-state index contributed by atoms with van der Waals surface area (Å²) in [4.78, 5) is 18.7. The summed E-state index contributed by atoms with van der Waals surface area (Å²) in [6.07, 6.45) is 1.04. The molecule has 5 nitrogen and oxygen atoms in total. The second-order valence-corrected chi connectivity index (χ2v) is 5.83. The standard InChI is InChI=1S/C15H22ClN3O2/c1-4-5-17-14-7-12(6-13(16)18-14)15(20)19-8-11(3)21-9-10(19)2/h6-7,10-11H,4-5,8-9H2,1-3H3,(H,17,18). The smallest absolute Gasteiger partial charge is 0.254 e. The number of hydrogen-bond acceptors (Lipinski definition) is 4. The number of ether oxygens (including phenoxy) is 1. The van der Waals surface area contributed by atoms with E-state index in [0.717, 1.165) is 13.0 Å². The topological polar surface area (TPSA) is 54.5 Å². The summed E-state index contributed by atoms with van der Waals surface area (Å²) in [5, 5.41) is 3.49. The molecular formula is C15H22ClN3O2. The molecule has 116 valence electrons. The van der Waals surface area contributed by atoms with Gasteiger partial charge >= 0.3 is 0 Å². The highest BCUT2D eigenvalue weighted by atomic mass is 35.5. The molecule has 2 atom stereocenters. The molecule has 6 heteroatoms. The number of amides is 1. The number of nitrogens with zero attached hydrogens (tertiary/aromatic N) is 2. The van der Waals surface area contributed by atoms with E-state index >= 15 is 0 Å². The highest BCUT2D eigenvalue weighted by Gasteiger charge is 2.28. The first kappa shape index (κ1) is 16.0. The number of halogens is 1. The molecule has 2 rings (SSSR count). The van der Waals surface area contributed by atoms with Gasteiger partial charge in [-0.25, -0.2) is 4.98 Å². The van der Waals surface area contributed by atoms with E-state index < -0.39 is 0 Å². The van der Waals surface area contributed by atoms with Gasteiger partial charge in [0, 0.05) is 18.7 Å². The largest absolute Gasteiger partial charge is 0.375 e. The lowest BCUT2D eigenvalue weighted by atomic mass is 10.1. The average molecular weight is 312 g/mol. The molecule has 1 fully saturated rings.